The Morgan fingerprint density at radius 2 is 2.10 bits per heavy atom. The molecular formula is C14H18FN3O2. The molecule has 1 aromatic heterocycles. The van der Waals surface area contributed by atoms with E-state index in [0.29, 0.717) is 11.6 Å². The van der Waals surface area contributed by atoms with E-state index in [1.807, 2.05) is 4.90 Å². The molecule has 0 aliphatic carbocycles. The number of aromatic nitrogens is 1. The Hall–Kier alpha value is -1.53. The molecule has 0 aromatic carbocycles. The minimum Gasteiger partial charge on any atom is -0.379 e. The molecule has 5 nitrogen and oxygen atoms in total. The second-order valence-corrected chi connectivity index (χ2v) is 5.21. The molecule has 108 valence electrons. The van der Waals surface area contributed by atoms with Gasteiger partial charge in [0.05, 0.1) is 18.8 Å². The van der Waals surface area contributed by atoms with Crippen LogP contribution in [0.3, 0.4) is 0 Å². The highest BCUT2D eigenvalue weighted by atomic mass is 19.1. The second-order valence-electron chi connectivity index (χ2n) is 5.21. The zero-order valence-corrected chi connectivity index (χ0v) is 11.3. The van der Waals surface area contributed by atoms with Crippen LogP contribution in [0.4, 0.5) is 4.39 Å². The lowest BCUT2D eigenvalue weighted by Crippen LogP contribution is -2.45. The average molecular weight is 279 g/mol. The van der Waals surface area contributed by atoms with Crippen LogP contribution >= 0.6 is 0 Å². The van der Waals surface area contributed by atoms with E-state index in [1.165, 1.54) is 18.3 Å². The fourth-order valence-electron chi connectivity index (χ4n) is 2.85. The molecule has 0 spiro atoms. The predicted octanol–water partition coefficient (Wildman–Crippen LogP) is 0.767. The molecule has 6 heteroatoms. The van der Waals surface area contributed by atoms with E-state index < -0.39 is 5.95 Å². The van der Waals surface area contributed by atoms with Crippen molar-refractivity contribution in [1.29, 1.82) is 0 Å². The molecule has 1 unspecified atom stereocenters. The summed E-state index contributed by atoms with van der Waals surface area (Å²) in [6, 6.07) is 3.13. The molecule has 2 fully saturated rings. The van der Waals surface area contributed by atoms with Gasteiger partial charge in [-0.1, -0.05) is 0 Å². The third-order valence-electron chi connectivity index (χ3n) is 3.99. The van der Waals surface area contributed by atoms with Gasteiger partial charge in [0.2, 0.25) is 5.95 Å². The van der Waals surface area contributed by atoms with Crippen molar-refractivity contribution in [3.8, 4) is 0 Å². The number of rotatable bonds is 2. The average Bonchev–Trinajstić information content (AvgIpc) is 2.98. The Kier molecular flexibility index (Phi) is 3.93. The van der Waals surface area contributed by atoms with Crippen molar-refractivity contribution < 1.29 is 13.9 Å². The number of hydrogen-bond acceptors (Lipinski definition) is 4. The summed E-state index contributed by atoms with van der Waals surface area (Å²) < 4.78 is 18.1. The number of hydrogen-bond donors (Lipinski definition) is 0. The van der Waals surface area contributed by atoms with Gasteiger partial charge >= 0.3 is 0 Å². The minimum atomic E-state index is -0.561. The number of carbonyl (C=O) groups is 1. The van der Waals surface area contributed by atoms with Gasteiger partial charge in [-0.05, 0) is 18.6 Å². The molecule has 1 amide bonds. The van der Waals surface area contributed by atoms with Crippen molar-refractivity contribution in [3.05, 3.63) is 29.8 Å². The van der Waals surface area contributed by atoms with Crippen LogP contribution in [-0.2, 0) is 4.74 Å². The molecule has 3 rings (SSSR count). The molecule has 2 saturated heterocycles. The van der Waals surface area contributed by atoms with E-state index in [-0.39, 0.29) is 5.91 Å². The maximum absolute atomic E-state index is 12.8. The van der Waals surface area contributed by atoms with Crippen LogP contribution in [0, 0.1) is 5.95 Å². The first-order chi connectivity index (χ1) is 9.74. The molecule has 1 atom stereocenters. The summed E-state index contributed by atoms with van der Waals surface area (Å²) in [6.07, 6.45) is 2.29. The molecule has 1 aromatic rings. The largest absolute Gasteiger partial charge is 0.379 e. The zero-order valence-electron chi connectivity index (χ0n) is 11.3. The van der Waals surface area contributed by atoms with E-state index in [2.05, 4.69) is 9.88 Å². The summed E-state index contributed by atoms with van der Waals surface area (Å²) in [5, 5.41) is 0. The summed E-state index contributed by atoms with van der Waals surface area (Å²) in [5.41, 5.74) is 0.453. The summed E-state index contributed by atoms with van der Waals surface area (Å²) in [5.74, 6) is -0.623. The molecule has 0 saturated carbocycles. The third-order valence-corrected chi connectivity index (χ3v) is 3.99. The molecule has 3 heterocycles. The van der Waals surface area contributed by atoms with Crippen molar-refractivity contribution in [2.45, 2.75) is 12.5 Å². The Morgan fingerprint density at radius 3 is 2.80 bits per heavy atom. The molecule has 2 aliphatic rings. The van der Waals surface area contributed by atoms with Gasteiger partial charge < -0.3 is 9.64 Å². The lowest BCUT2D eigenvalue weighted by Gasteiger charge is -2.32. The van der Waals surface area contributed by atoms with E-state index in [1.54, 1.807) is 0 Å². The van der Waals surface area contributed by atoms with Crippen LogP contribution in [0.15, 0.2) is 18.3 Å². The maximum Gasteiger partial charge on any atom is 0.255 e. The minimum absolute atomic E-state index is 0.0618. The Balaban J connectivity index is 1.61. The Labute approximate surface area is 117 Å². The van der Waals surface area contributed by atoms with Gasteiger partial charge in [0, 0.05) is 38.4 Å². The van der Waals surface area contributed by atoms with Crippen LogP contribution in [0.25, 0.3) is 0 Å². The van der Waals surface area contributed by atoms with Crippen LogP contribution in [0.1, 0.15) is 16.8 Å². The second kappa shape index (κ2) is 5.85. The van der Waals surface area contributed by atoms with Gasteiger partial charge in [-0.25, -0.2) is 4.98 Å². The van der Waals surface area contributed by atoms with Crippen LogP contribution in [0.2, 0.25) is 0 Å². The topological polar surface area (TPSA) is 45.7 Å². The molecule has 20 heavy (non-hydrogen) atoms. The lowest BCUT2D eigenvalue weighted by molar-refractivity contribution is 0.0185. The molecule has 0 bridgehead atoms. The molecular weight excluding hydrogens is 261 g/mol. The number of amides is 1. The van der Waals surface area contributed by atoms with E-state index in [0.717, 1.165) is 45.8 Å². The monoisotopic (exact) mass is 279 g/mol. The quantitative estimate of drug-likeness (QED) is 0.750. The predicted molar refractivity (Wildman–Crippen MR) is 70.9 cm³/mol. The van der Waals surface area contributed by atoms with E-state index in [9.17, 15) is 9.18 Å². The number of morpholine rings is 1. The van der Waals surface area contributed by atoms with Gasteiger partial charge in [0.15, 0.2) is 0 Å². The highest BCUT2D eigenvalue weighted by Crippen LogP contribution is 2.19. The fraction of sp³-hybridized carbons (Fsp3) is 0.571. The number of pyridine rings is 1. The number of ether oxygens (including phenoxy) is 1. The van der Waals surface area contributed by atoms with Crippen molar-refractivity contribution >= 4 is 5.91 Å². The van der Waals surface area contributed by atoms with Gasteiger partial charge in [-0.2, -0.15) is 4.39 Å². The van der Waals surface area contributed by atoms with Crippen LogP contribution in [-0.4, -0.2) is 66.1 Å². The first-order valence-electron chi connectivity index (χ1n) is 6.96. The fourth-order valence-corrected chi connectivity index (χ4v) is 2.85. The van der Waals surface area contributed by atoms with Crippen LogP contribution < -0.4 is 0 Å². The van der Waals surface area contributed by atoms with Crippen molar-refractivity contribution in [2.75, 3.05) is 39.4 Å². The Morgan fingerprint density at radius 1 is 1.30 bits per heavy atom. The number of nitrogens with zero attached hydrogens (tertiary/aromatic N) is 3. The summed E-state index contributed by atoms with van der Waals surface area (Å²) in [7, 11) is 0. The van der Waals surface area contributed by atoms with Gasteiger partial charge in [-0.3, -0.25) is 9.69 Å². The Bertz CT molecular complexity index is 474. The van der Waals surface area contributed by atoms with Gasteiger partial charge in [0.1, 0.15) is 0 Å². The maximum atomic E-state index is 12.8. The summed E-state index contributed by atoms with van der Waals surface area (Å²) >= 11 is 0. The zero-order chi connectivity index (χ0) is 13.9. The molecule has 0 N–H and O–H groups in total. The molecule has 2 aliphatic heterocycles. The summed E-state index contributed by atoms with van der Waals surface area (Å²) in [6.45, 7) is 4.89. The highest BCUT2D eigenvalue weighted by Gasteiger charge is 2.31. The third kappa shape index (κ3) is 2.81. The number of halogens is 1. The standard InChI is InChI=1S/C14H18FN3O2/c15-13-2-1-11(9-16-13)14(19)18-4-3-12(10-18)17-5-7-20-8-6-17/h1-2,9,12H,3-8,10H2. The van der Waals surface area contributed by atoms with Crippen molar-refractivity contribution in [2.24, 2.45) is 0 Å². The van der Waals surface area contributed by atoms with E-state index in [4.69, 9.17) is 4.74 Å². The van der Waals surface area contributed by atoms with Crippen molar-refractivity contribution in [1.82, 2.24) is 14.8 Å². The molecule has 0 radical (unpaired) electrons. The smallest absolute Gasteiger partial charge is 0.255 e. The lowest BCUT2D eigenvalue weighted by atomic mass is 10.2. The highest BCUT2D eigenvalue weighted by molar-refractivity contribution is 5.94. The van der Waals surface area contributed by atoms with Gasteiger partial charge in [0.25, 0.3) is 5.91 Å². The van der Waals surface area contributed by atoms with Gasteiger partial charge in [-0.15, -0.1) is 0 Å². The number of carbonyl (C=O) groups excluding carboxylic acids is 1. The SMILES string of the molecule is O=C(c1ccc(F)nc1)N1CCC(N2CCOCC2)C1. The first-order valence-corrected chi connectivity index (χ1v) is 6.96. The van der Waals surface area contributed by atoms with Crippen LogP contribution in [0.5, 0.6) is 0 Å². The first kappa shape index (κ1) is 13.5. The summed E-state index contributed by atoms with van der Waals surface area (Å²) in [4.78, 5) is 20.1. The van der Waals surface area contributed by atoms with E-state index >= 15 is 0 Å². The normalized spacial score (nSPS) is 24.1. The van der Waals surface area contributed by atoms with Crippen molar-refractivity contribution in [3.63, 3.8) is 0 Å². The number of likely N-dealkylation sites (tertiary alicyclic amines) is 1.